The molecule has 0 bridgehead atoms. The lowest BCUT2D eigenvalue weighted by atomic mass is 10.2. The summed E-state index contributed by atoms with van der Waals surface area (Å²) in [6, 6.07) is 3.62. The molecule has 0 aromatic heterocycles. The van der Waals surface area contributed by atoms with E-state index >= 15 is 0 Å². The van der Waals surface area contributed by atoms with Crippen molar-refractivity contribution < 1.29 is 17.4 Å². The maximum atomic E-state index is 12.5. The Kier molecular flexibility index (Phi) is 3.94. The number of benzene rings is 1. The second kappa shape index (κ2) is 4.65. The minimum atomic E-state index is -4.42. The highest BCUT2D eigenvalue weighted by Gasteiger charge is 2.33. The maximum Gasteiger partial charge on any atom is 0.417 e. The molecule has 1 rings (SSSR count). The van der Waals surface area contributed by atoms with Crippen LogP contribution in [0.2, 0.25) is 0 Å². The molecule has 0 aliphatic rings. The van der Waals surface area contributed by atoms with Gasteiger partial charge in [-0.1, -0.05) is 22.9 Å². The van der Waals surface area contributed by atoms with Gasteiger partial charge < -0.3 is 0 Å². The Labute approximate surface area is 96.3 Å². The first-order chi connectivity index (χ1) is 6.86. The molecule has 0 radical (unpaired) electrons. The van der Waals surface area contributed by atoms with Crippen LogP contribution >= 0.6 is 15.9 Å². The van der Waals surface area contributed by atoms with E-state index in [9.17, 15) is 17.4 Å². The Hall–Kier alpha value is -0.360. The molecule has 15 heavy (non-hydrogen) atoms. The van der Waals surface area contributed by atoms with E-state index in [2.05, 4.69) is 15.9 Å². The smallest absolute Gasteiger partial charge is 0.254 e. The van der Waals surface area contributed by atoms with Crippen molar-refractivity contribution in [3.8, 4) is 0 Å². The van der Waals surface area contributed by atoms with E-state index in [1.807, 2.05) is 0 Å². The van der Waals surface area contributed by atoms with Crippen molar-refractivity contribution in [2.45, 2.75) is 18.0 Å². The summed E-state index contributed by atoms with van der Waals surface area (Å²) in [7, 11) is -1.36. The number of rotatable bonds is 2. The third kappa shape index (κ3) is 3.04. The van der Waals surface area contributed by atoms with Crippen LogP contribution in [0, 0.1) is 0 Å². The Morgan fingerprint density at radius 3 is 2.47 bits per heavy atom. The van der Waals surface area contributed by atoms with Crippen LogP contribution in [0.5, 0.6) is 0 Å². The SMILES string of the molecule is CCS(=O)c1ccc(Br)c(C(F)(F)F)c1. The first-order valence-corrected chi connectivity index (χ1v) is 6.22. The monoisotopic (exact) mass is 300 g/mol. The van der Waals surface area contributed by atoms with Crippen LogP contribution in [0.3, 0.4) is 0 Å². The molecule has 1 unspecified atom stereocenters. The van der Waals surface area contributed by atoms with E-state index in [1.54, 1.807) is 6.92 Å². The second-order valence-corrected chi connectivity index (χ2v) is 5.37. The van der Waals surface area contributed by atoms with E-state index in [1.165, 1.54) is 12.1 Å². The van der Waals surface area contributed by atoms with E-state index < -0.39 is 22.5 Å². The molecule has 6 heteroatoms. The van der Waals surface area contributed by atoms with Crippen molar-refractivity contribution in [1.29, 1.82) is 0 Å². The van der Waals surface area contributed by atoms with Crippen LogP contribution in [0.25, 0.3) is 0 Å². The molecule has 0 fully saturated rings. The number of hydrogen-bond acceptors (Lipinski definition) is 1. The topological polar surface area (TPSA) is 17.1 Å². The number of hydrogen-bond donors (Lipinski definition) is 0. The summed E-state index contributed by atoms with van der Waals surface area (Å²) in [6.45, 7) is 1.66. The molecule has 0 saturated carbocycles. The van der Waals surface area contributed by atoms with Crippen molar-refractivity contribution in [3.05, 3.63) is 28.2 Å². The van der Waals surface area contributed by atoms with E-state index in [-0.39, 0.29) is 9.37 Å². The van der Waals surface area contributed by atoms with Crippen molar-refractivity contribution in [1.82, 2.24) is 0 Å². The lowest BCUT2D eigenvalue weighted by Crippen LogP contribution is -2.07. The normalized spacial score (nSPS) is 13.9. The van der Waals surface area contributed by atoms with E-state index in [0.717, 1.165) is 6.07 Å². The summed E-state index contributed by atoms with van der Waals surface area (Å²) >= 11 is 2.82. The molecule has 0 heterocycles. The molecule has 0 aliphatic heterocycles. The predicted octanol–water partition coefficient (Wildman–Crippen LogP) is 3.60. The van der Waals surface area contributed by atoms with Gasteiger partial charge in [0.1, 0.15) is 0 Å². The quantitative estimate of drug-likeness (QED) is 0.816. The summed E-state index contributed by atoms with van der Waals surface area (Å²) < 4.78 is 48.7. The zero-order valence-electron chi connectivity index (χ0n) is 7.77. The Balaban J connectivity index is 3.23. The van der Waals surface area contributed by atoms with Crippen LogP contribution in [0.15, 0.2) is 27.6 Å². The molecule has 1 aromatic rings. The fourth-order valence-electron chi connectivity index (χ4n) is 1.03. The van der Waals surface area contributed by atoms with Gasteiger partial charge in [-0.25, -0.2) is 0 Å². The zero-order chi connectivity index (χ0) is 11.6. The van der Waals surface area contributed by atoms with Gasteiger partial charge in [-0.2, -0.15) is 13.2 Å². The molecule has 0 aliphatic carbocycles. The molecule has 1 aromatic carbocycles. The van der Waals surface area contributed by atoms with Gasteiger partial charge in [0.25, 0.3) is 0 Å². The number of halogens is 4. The van der Waals surface area contributed by atoms with Crippen LogP contribution in [0.1, 0.15) is 12.5 Å². The second-order valence-electron chi connectivity index (χ2n) is 2.77. The third-order valence-corrected chi connectivity index (χ3v) is 3.76. The van der Waals surface area contributed by atoms with Gasteiger partial charge in [0.15, 0.2) is 0 Å². The fraction of sp³-hybridized carbons (Fsp3) is 0.333. The van der Waals surface area contributed by atoms with Crippen molar-refractivity contribution in [3.63, 3.8) is 0 Å². The van der Waals surface area contributed by atoms with Gasteiger partial charge in [0.05, 0.1) is 16.4 Å². The van der Waals surface area contributed by atoms with Crippen LogP contribution in [-0.4, -0.2) is 9.96 Å². The maximum absolute atomic E-state index is 12.5. The lowest BCUT2D eigenvalue weighted by molar-refractivity contribution is -0.138. The molecular formula is C9H8BrF3OS. The molecule has 0 N–H and O–H groups in total. The third-order valence-electron chi connectivity index (χ3n) is 1.77. The zero-order valence-corrected chi connectivity index (χ0v) is 10.2. The molecule has 1 nitrogen and oxygen atoms in total. The average molecular weight is 301 g/mol. The Morgan fingerprint density at radius 1 is 1.40 bits per heavy atom. The summed E-state index contributed by atoms with van der Waals surface area (Å²) in [5.41, 5.74) is -0.790. The molecule has 0 amide bonds. The van der Waals surface area contributed by atoms with E-state index in [0.29, 0.717) is 5.75 Å². The van der Waals surface area contributed by atoms with Crippen LogP contribution < -0.4 is 0 Å². The highest BCUT2D eigenvalue weighted by atomic mass is 79.9. The lowest BCUT2D eigenvalue weighted by Gasteiger charge is -2.10. The first kappa shape index (κ1) is 12.7. The number of alkyl halides is 3. The molecule has 0 spiro atoms. The van der Waals surface area contributed by atoms with E-state index in [4.69, 9.17) is 0 Å². The van der Waals surface area contributed by atoms with Gasteiger partial charge in [0.2, 0.25) is 0 Å². The standard InChI is InChI=1S/C9H8BrF3OS/c1-2-15(14)6-3-4-8(10)7(5-6)9(11,12)13/h3-5H,2H2,1H3. The van der Waals surface area contributed by atoms with Crippen LogP contribution in [-0.2, 0) is 17.0 Å². The largest absolute Gasteiger partial charge is 0.417 e. The highest BCUT2D eigenvalue weighted by Crippen LogP contribution is 2.35. The summed E-state index contributed by atoms with van der Waals surface area (Å²) in [5.74, 6) is 0.304. The van der Waals surface area contributed by atoms with Gasteiger partial charge in [-0.3, -0.25) is 4.21 Å². The molecular weight excluding hydrogens is 293 g/mol. The average Bonchev–Trinajstić information content (AvgIpc) is 2.15. The van der Waals surface area contributed by atoms with Gasteiger partial charge in [-0.05, 0) is 18.2 Å². The summed E-state index contributed by atoms with van der Waals surface area (Å²) in [5, 5.41) is 0. The van der Waals surface area contributed by atoms with Crippen molar-refractivity contribution >= 4 is 26.7 Å². The van der Waals surface area contributed by atoms with Gasteiger partial charge in [0, 0.05) is 15.1 Å². The van der Waals surface area contributed by atoms with Gasteiger partial charge >= 0.3 is 6.18 Å². The summed E-state index contributed by atoms with van der Waals surface area (Å²) in [6.07, 6.45) is -4.42. The Morgan fingerprint density at radius 2 is 2.00 bits per heavy atom. The van der Waals surface area contributed by atoms with Crippen molar-refractivity contribution in [2.75, 3.05) is 5.75 Å². The van der Waals surface area contributed by atoms with Crippen molar-refractivity contribution in [2.24, 2.45) is 0 Å². The first-order valence-electron chi connectivity index (χ1n) is 4.11. The highest BCUT2D eigenvalue weighted by molar-refractivity contribution is 9.10. The Bertz CT molecular complexity index is 389. The van der Waals surface area contributed by atoms with Crippen LogP contribution in [0.4, 0.5) is 13.2 Å². The molecule has 84 valence electrons. The predicted molar refractivity (Wildman–Crippen MR) is 56.1 cm³/mol. The minimum Gasteiger partial charge on any atom is -0.254 e. The van der Waals surface area contributed by atoms with Gasteiger partial charge in [-0.15, -0.1) is 0 Å². The molecule has 1 atom stereocenters. The summed E-state index contributed by atoms with van der Waals surface area (Å²) in [4.78, 5) is 0.202. The minimum absolute atomic E-state index is 0.0353. The molecule has 0 saturated heterocycles. The fourth-order valence-corrected chi connectivity index (χ4v) is 2.30.